The van der Waals surface area contributed by atoms with E-state index < -0.39 is 14.6 Å². The minimum absolute atomic E-state index is 0.104. The second kappa shape index (κ2) is 3.37. The van der Waals surface area contributed by atoms with E-state index in [9.17, 15) is 8.42 Å². The molecule has 0 aromatic heterocycles. The highest BCUT2D eigenvalue weighted by Gasteiger charge is 2.42. The zero-order valence-electron chi connectivity index (χ0n) is 9.34. The molecule has 0 radical (unpaired) electrons. The van der Waals surface area contributed by atoms with Gasteiger partial charge in [0.15, 0.2) is 9.84 Å². The second-order valence-electron chi connectivity index (χ2n) is 5.28. The minimum atomic E-state index is -3.00. The van der Waals surface area contributed by atoms with Crippen molar-refractivity contribution in [1.29, 1.82) is 0 Å². The van der Waals surface area contributed by atoms with Gasteiger partial charge in [-0.25, -0.2) is 8.42 Å². The Bertz CT molecular complexity index is 327. The SMILES string of the molecule is C=CC1(C)CC(C)(C)CCCS1(=O)=O. The van der Waals surface area contributed by atoms with Crippen LogP contribution in [0.2, 0.25) is 0 Å². The van der Waals surface area contributed by atoms with Crippen LogP contribution in [0.3, 0.4) is 0 Å². The maximum Gasteiger partial charge on any atom is 0.159 e. The van der Waals surface area contributed by atoms with Gasteiger partial charge in [-0.2, -0.15) is 0 Å². The molecular weight excluding hydrogens is 196 g/mol. The van der Waals surface area contributed by atoms with Gasteiger partial charge in [0.1, 0.15) is 0 Å². The van der Waals surface area contributed by atoms with E-state index in [0.29, 0.717) is 12.2 Å². The van der Waals surface area contributed by atoms with Crippen LogP contribution in [0.4, 0.5) is 0 Å². The summed E-state index contributed by atoms with van der Waals surface area (Å²) in [7, 11) is -3.00. The van der Waals surface area contributed by atoms with E-state index >= 15 is 0 Å². The Balaban J connectivity index is 3.14. The van der Waals surface area contributed by atoms with Crippen molar-refractivity contribution in [2.45, 2.75) is 44.8 Å². The Morgan fingerprint density at radius 2 is 1.86 bits per heavy atom. The van der Waals surface area contributed by atoms with Crippen LogP contribution < -0.4 is 0 Å². The molecule has 1 unspecified atom stereocenters. The van der Waals surface area contributed by atoms with Gasteiger partial charge in [0.2, 0.25) is 0 Å². The van der Waals surface area contributed by atoms with Crippen molar-refractivity contribution in [1.82, 2.24) is 0 Å². The molecule has 0 saturated carbocycles. The van der Waals surface area contributed by atoms with Crippen molar-refractivity contribution in [2.24, 2.45) is 5.41 Å². The highest BCUT2D eigenvalue weighted by atomic mass is 32.2. The summed E-state index contributed by atoms with van der Waals surface area (Å²) in [5.74, 6) is 0.305. The molecule has 1 atom stereocenters. The third-order valence-corrected chi connectivity index (χ3v) is 5.80. The molecular formula is C11H20O2S. The van der Waals surface area contributed by atoms with Crippen molar-refractivity contribution in [3.63, 3.8) is 0 Å². The van der Waals surface area contributed by atoms with E-state index in [1.807, 2.05) is 0 Å². The molecule has 0 N–H and O–H groups in total. The first kappa shape index (κ1) is 11.8. The lowest BCUT2D eigenvalue weighted by Crippen LogP contribution is -2.36. The summed E-state index contributed by atoms with van der Waals surface area (Å²) in [6.07, 6.45) is 4.05. The molecule has 82 valence electrons. The van der Waals surface area contributed by atoms with Crippen molar-refractivity contribution in [3.8, 4) is 0 Å². The fraction of sp³-hybridized carbons (Fsp3) is 0.818. The molecule has 3 heteroatoms. The first-order valence-electron chi connectivity index (χ1n) is 5.08. The molecule has 1 rings (SSSR count). The third-order valence-electron chi connectivity index (χ3n) is 3.24. The molecule has 0 amide bonds. The Labute approximate surface area is 87.3 Å². The van der Waals surface area contributed by atoms with E-state index in [1.54, 1.807) is 13.0 Å². The summed E-state index contributed by atoms with van der Waals surface area (Å²) >= 11 is 0. The molecule has 1 aliphatic heterocycles. The van der Waals surface area contributed by atoms with E-state index in [0.717, 1.165) is 12.8 Å². The Morgan fingerprint density at radius 3 is 2.36 bits per heavy atom. The summed E-state index contributed by atoms with van der Waals surface area (Å²) < 4.78 is 23.2. The van der Waals surface area contributed by atoms with Crippen molar-refractivity contribution in [2.75, 3.05) is 5.75 Å². The molecule has 1 heterocycles. The first-order valence-corrected chi connectivity index (χ1v) is 6.74. The Hall–Kier alpha value is -0.310. The molecule has 1 saturated heterocycles. The lowest BCUT2D eigenvalue weighted by molar-refractivity contribution is 0.292. The van der Waals surface area contributed by atoms with E-state index in [1.165, 1.54) is 0 Å². The standard InChI is InChI=1S/C11H20O2S/c1-5-11(4)9-10(2,3)7-6-8-14(11,12)13/h5H,1,6-9H2,2-4H3. The molecule has 1 aliphatic rings. The van der Waals surface area contributed by atoms with Gasteiger partial charge < -0.3 is 0 Å². The maximum absolute atomic E-state index is 12.0. The van der Waals surface area contributed by atoms with Crippen molar-refractivity contribution >= 4 is 9.84 Å². The molecule has 0 aromatic rings. The topological polar surface area (TPSA) is 34.1 Å². The maximum atomic E-state index is 12.0. The number of hydrogen-bond acceptors (Lipinski definition) is 2. The van der Waals surface area contributed by atoms with Crippen LogP contribution >= 0.6 is 0 Å². The number of sulfone groups is 1. The van der Waals surface area contributed by atoms with Gasteiger partial charge in [-0.3, -0.25) is 0 Å². The third kappa shape index (κ3) is 2.02. The van der Waals surface area contributed by atoms with Crippen LogP contribution in [0, 0.1) is 5.41 Å². The Kier molecular flexibility index (Phi) is 2.83. The zero-order chi connectivity index (χ0) is 11.0. The molecule has 0 aliphatic carbocycles. The molecule has 1 fully saturated rings. The van der Waals surface area contributed by atoms with E-state index in [2.05, 4.69) is 20.4 Å². The fourth-order valence-electron chi connectivity index (χ4n) is 2.32. The van der Waals surface area contributed by atoms with Gasteiger partial charge in [-0.15, -0.1) is 6.58 Å². The summed E-state index contributed by atoms with van der Waals surface area (Å²) in [4.78, 5) is 0. The van der Waals surface area contributed by atoms with Crippen molar-refractivity contribution < 1.29 is 8.42 Å². The first-order chi connectivity index (χ1) is 6.22. The molecule has 0 spiro atoms. The summed E-state index contributed by atoms with van der Waals surface area (Å²) in [6.45, 7) is 9.74. The minimum Gasteiger partial charge on any atom is -0.228 e. The molecule has 14 heavy (non-hydrogen) atoms. The van der Waals surface area contributed by atoms with Gasteiger partial charge >= 0.3 is 0 Å². The van der Waals surface area contributed by atoms with Gasteiger partial charge in [-0.1, -0.05) is 19.9 Å². The summed E-state index contributed by atoms with van der Waals surface area (Å²) in [5.41, 5.74) is 0.104. The number of hydrogen-bond donors (Lipinski definition) is 0. The lowest BCUT2D eigenvalue weighted by Gasteiger charge is -2.31. The van der Waals surface area contributed by atoms with Gasteiger partial charge in [0, 0.05) is 0 Å². The quantitative estimate of drug-likeness (QED) is 0.631. The lowest BCUT2D eigenvalue weighted by atomic mass is 9.80. The normalized spacial score (nSPS) is 35.9. The number of rotatable bonds is 1. The average Bonchev–Trinajstić information content (AvgIpc) is 2.08. The Morgan fingerprint density at radius 1 is 1.29 bits per heavy atom. The van der Waals surface area contributed by atoms with Crippen LogP contribution in [-0.2, 0) is 9.84 Å². The average molecular weight is 216 g/mol. The van der Waals surface area contributed by atoms with E-state index in [4.69, 9.17) is 0 Å². The van der Waals surface area contributed by atoms with E-state index in [-0.39, 0.29) is 5.41 Å². The second-order valence-corrected chi connectivity index (χ2v) is 7.85. The van der Waals surface area contributed by atoms with Crippen molar-refractivity contribution in [3.05, 3.63) is 12.7 Å². The van der Waals surface area contributed by atoms with Gasteiger partial charge in [0.05, 0.1) is 10.5 Å². The van der Waals surface area contributed by atoms with Crippen LogP contribution in [0.5, 0.6) is 0 Å². The largest absolute Gasteiger partial charge is 0.228 e. The molecule has 2 nitrogen and oxygen atoms in total. The predicted molar refractivity (Wildman–Crippen MR) is 60.0 cm³/mol. The predicted octanol–water partition coefficient (Wildman–Crippen LogP) is 2.56. The highest BCUT2D eigenvalue weighted by molar-refractivity contribution is 7.92. The van der Waals surface area contributed by atoms with Crippen LogP contribution in [0.25, 0.3) is 0 Å². The van der Waals surface area contributed by atoms with Gasteiger partial charge in [-0.05, 0) is 31.6 Å². The van der Waals surface area contributed by atoms with Crippen LogP contribution in [-0.4, -0.2) is 18.9 Å². The van der Waals surface area contributed by atoms with Crippen LogP contribution in [0.1, 0.15) is 40.0 Å². The van der Waals surface area contributed by atoms with Gasteiger partial charge in [0.25, 0.3) is 0 Å². The molecule has 0 bridgehead atoms. The smallest absolute Gasteiger partial charge is 0.159 e. The monoisotopic (exact) mass is 216 g/mol. The zero-order valence-corrected chi connectivity index (χ0v) is 10.2. The molecule has 0 aromatic carbocycles. The summed E-state index contributed by atoms with van der Waals surface area (Å²) in [5, 5.41) is 0. The highest BCUT2D eigenvalue weighted by Crippen LogP contribution is 2.41. The fourth-order valence-corrected chi connectivity index (χ4v) is 4.18. The van der Waals surface area contributed by atoms with Crippen LogP contribution in [0.15, 0.2) is 12.7 Å². The summed E-state index contributed by atoms with van der Waals surface area (Å²) in [6, 6.07) is 0.